The van der Waals surface area contributed by atoms with Crippen molar-refractivity contribution >= 4 is 17.8 Å². The van der Waals surface area contributed by atoms with Crippen LogP contribution in [0.15, 0.2) is 48.7 Å². The van der Waals surface area contributed by atoms with Crippen molar-refractivity contribution < 1.29 is 4.74 Å². The van der Waals surface area contributed by atoms with Crippen molar-refractivity contribution in [2.24, 2.45) is 0 Å². The lowest BCUT2D eigenvalue weighted by molar-refractivity contribution is 0.210. The predicted molar refractivity (Wildman–Crippen MR) is 107 cm³/mol. The van der Waals surface area contributed by atoms with Crippen LogP contribution in [-0.4, -0.2) is 67.9 Å². The number of hydrogen-bond acceptors (Lipinski definition) is 6. The second-order valence-corrected chi connectivity index (χ2v) is 6.26. The van der Waals surface area contributed by atoms with Crippen molar-refractivity contribution in [1.82, 2.24) is 14.9 Å². The zero-order valence-electron chi connectivity index (χ0n) is 15.3. The molecular weight excluding hydrogens is 326 g/mol. The Morgan fingerprint density at radius 1 is 1.12 bits per heavy atom. The van der Waals surface area contributed by atoms with Crippen LogP contribution in [0.5, 0.6) is 0 Å². The summed E-state index contributed by atoms with van der Waals surface area (Å²) in [7, 11) is 1.69. The van der Waals surface area contributed by atoms with Crippen LogP contribution in [0, 0.1) is 0 Å². The van der Waals surface area contributed by atoms with Crippen LogP contribution in [0.1, 0.15) is 5.56 Å². The van der Waals surface area contributed by atoms with Gasteiger partial charge in [0.1, 0.15) is 5.82 Å². The first-order valence-electron chi connectivity index (χ1n) is 9.10. The Morgan fingerprint density at radius 2 is 1.92 bits per heavy atom. The van der Waals surface area contributed by atoms with Crippen LogP contribution in [0.25, 0.3) is 6.08 Å². The van der Waals surface area contributed by atoms with E-state index in [9.17, 15) is 0 Å². The van der Waals surface area contributed by atoms with Gasteiger partial charge in [0.25, 0.3) is 0 Å². The Labute approximate surface area is 155 Å². The Morgan fingerprint density at radius 3 is 2.69 bits per heavy atom. The van der Waals surface area contributed by atoms with Crippen LogP contribution in [-0.2, 0) is 4.74 Å². The highest BCUT2D eigenvalue weighted by Crippen LogP contribution is 2.14. The number of hydrogen-bond donors (Lipinski definition) is 1. The van der Waals surface area contributed by atoms with Gasteiger partial charge in [-0.05, 0) is 11.6 Å². The molecule has 0 saturated carbocycles. The SMILES string of the molecule is COCCNc1nccc(N2CCN(C/C=C/c3ccccc3)CC2)n1. The van der Waals surface area contributed by atoms with Gasteiger partial charge in [0, 0.05) is 52.6 Å². The summed E-state index contributed by atoms with van der Waals surface area (Å²) in [4.78, 5) is 13.7. The summed E-state index contributed by atoms with van der Waals surface area (Å²) >= 11 is 0. The molecule has 26 heavy (non-hydrogen) atoms. The van der Waals surface area contributed by atoms with E-state index in [1.54, 1.807) is 7.11 Å². The van der Waals surface area contributed by atoms with E-state index in [0.717, 1.165) is 38.5 Å². The molecule has 6 heteroatoms. The summed E-state index contributed by atoms with van der Waals surface area (Å²) in [6.07, 6.45) is 6.24. The molecule has 0 spiro atoms. The number of benzene rings is 1. The molecule has 1 aliphatic rings. The molecule has 2 aromatic rings. The standard InChI is InChI=1S/C20H27N5O/c1-26-17-11-22-20-21-10-9-19(23-20)25-15-13-24(14-16-25)12-5-8-18-6-3-2-4-7-18/h2-10H,11-17H2,1H3,(H,21,22,23)/b8-5+. The van der Waals surface area contributed by atoms with E-state index in [0.29, 0.717) is 19.1 Å². The van der Waals surface area contributed by atoms with Gasteiger partial charge < -0.3 is 15.0 Å². The minimum atomic E-state index is 0.642. The number of anilines is 2. The fourth-order valence-electron chi connectivity index (χ4n) is 2.94. The van der Waals surface area contributed by atoms with E-state index in [1.807, 2.05) is 18.3 Å². The van der Waals surface area contributed by atoms with E-state index in [-0.39, 0.29) is 0 Å². The van der Waals surface area contributed by atoms with Gasteiger partial charge in [0.2, 0.25) is 5.95 Å². The zero-order valence-corrected chi connectivity index (χ0v) is 15.3. The van der Waals surface area contributed by atoms with Crippen molar-refractivity contribution in [1.29, 1.82) is 0 Å². The molecule has 0 radical (unpaired) electrons. The van der Waals surface area contributed by atoms with Gasteiger partial charge in [0.05, 0.1) is 6.61 Å². The number of methoxy groups -OCH3 is 1. The van der Waals surface area contributed by atoms with Crippen LogP contribution < -0.4 is 10.2 Å². The molecule has 0 bridgehead atoms. The molecule has 0 aliphatic carbocycles. The summed E-state index contributed by atoms with van der Waals surface area (Å²) in [6.45, 7) is 6.37. The molecule has 138 valence electrons. The molecule has 1 aliphatic heterocycles. The van der Waals surface area contributed by atoms with Crippen LogP contribution in [0.4, 0.5) is 11.8 Å². The summed E-state index contributed by atoms with van der Waals surface area (Å²) in [6, 6.07) is 12.4. The van der Waals surface area contributed by atoms with Crippen molar-refractivity contribution in [2.75, 3.05) is 63.2 Å². The first-order chi connectivity index (χ1) is 12.8. The zero-order chi connectivity index (χ0) is 18.0. The molecular formula is C20H27N5O. The monoisotopic (exact) mass is 353 g/mol. The Hall–Kier alpha value is -2.44. The maximum absolute atomic E-state index is 5.04. The summed E-state index contributed by atoms with van der Waals surface area (Å²) in [5.74, 6) is 1.65. The van der Waals surface area contributed by atoms with E-state index in [4.69, 9.17) is 4.74 Å². The second kappa shape index (κ2) is 9.89. The molecule has 0 atom stereocenters. The minimum Gasteiger partial charge on any atom is -0.383 e. The molecule has 1 N–H and O–H groups in total. The lowest BCUT2D eigenvalue weighted by Crippen LogP contribution is -2.46. The quantitative estimate of drug-likeness (QED) is 0.736. The van der Waals surface area contributed by atoms with Crippen LogP contribution in [0.2, 0.25) is 0 Å². The normalized spacial score (nSPS) is 15.5. The maximum atomic E-state index is 5.04. The molecule has 6 nitrogen and oxygen atoms in total. The maximum Gasteiger partial charge on any atom is 0.224 e. The van der Waals surface area contributed by atoms with Crippen LogP contribution >= 0.6 is 0 Å². The van der Waals surface area contributed by atoms with Gasteiger partial charge >= 0.3 is 0 Å². The third-order valence-corrected chi connectivity index (χ3v) is 4.40. The number of piperazine rings is 1. The lowest BCUT2D eigenvalue weighted by atomic mass is 10.2. The van der Waals surface area contributed by atoms with Gasteiger partial charge in [-0.25, -0.2) is 4.98 Å². The van der Waals surface area contributed by atoms with Gasteiger partial charge in [-0.1, -0.05) is 42.5 Å². The minimum absolute atomic E-state index is 0.642. The van der Waals surface area contributed by atoms with Crippen molar-refractivity contribution in [3.63, 3.8) is 0 Å². The summed E-state index contributed by atoms with van der Waals surface area (Å²) < 4.78 is 5.04. The molecule has 2 heterocycles. The van der Waals surface area contributed by atoms with E-state index in [2.05, 4.69) is 61.5 Å². The Kier molecular flexibility index (Phi) is 6.98. The van der Waals surface area contributed by atoms with Crippen molar-refractivity contribution in [3.05, 3.63) is 54.2 Å². The smallest absolute Gasteiger partial charge is 0.224 e. The van der Waals surface area contributed by atoms with Gasteiger partial charge in [0.15, 0.2) is 0 Å². The van der Waals surface area contributed by atoms with Gasteiger partial charge in [-0.2, -0.15) is 4.98 Å². The average molecular weight is 353 g/mol. The highest BCUT2D eigenvalue weighted by Gasteiger charge is 2.17. The van der Waals surface area contributed by atoms with E-state index >= 15 is 0 Å². The molecule has 1 aromatic carbocycles. The molecule has 0 unspecified atom stereocenters. The topological polar surface area (TPSA) is 53.5 Å². The summed E-state index contributed by atoms with van der Waals surface area (Å²) in [5.41, 5.74) is 1.25. The van der Waals surface area contributed by atoms with Gasteiger partial charge in [-0.15, -0.1) is 0 Å². The van der Waals surface area contributed by atoms with Crippen molar-refractivity contribution in [3.8, 4) is 0 Å². The number of nitrogens with one attached hydrogen (secondary N) is 1. The number of ether oxygens (including phenoxy) is 1. The molecule has 0 amide bonds. The first-order valence-corrected chi connectivity index (χ1v) is 9.10. The number of rotatable bonds is 8. The highest BCUT2D eigenvalue weighted by molar-refractivity contribution is 5.49. The highest BCUT2D eigenvalue weighted by atomic mass is 16.5. The van der Waals surface area contributed by atoms with Crippen molar-refractivity contribution in [2.45, 2.75) is 0 Å². The average Bonchev–Trinajstić information content (AvgIpc) is 2.70. The number of aromatic nitrogens is 2. The number of nitrogens with zero attached hydrogens (tertiary/aromatic N) is 4. The fourth-order valence-corrected chi connectivity index (χ4v) is 2.94. The third kappa shape index (κ3) is 5.54. The second-order valence-electron chi connectivity index (χ2n) is 6.26. The van der Waals surface area contributed by atoms with E-state index in [1.165, 1.54) is 5.56 Å². The Balaban J connectivity index is 1.46. The van der Waals surface area contributed by atoms with Crippen LogP contribution in [0.3, 0.4) is 0 Å². The molecule has 1 aromatic heterocycles. The largest absolute Gasteiger partial charge is 0.383 e. The molecule has 3 rings (SSSR count). The molecule has 1 saturated heterocycles. The lowest BCUT2D eigenvalue weighted by Gasteiger charge is -2.34. The van der Waals surface area contributed by atoms with E-state index < -0.39 is 0 Å². The summed E-state index contributed by atoms with van der Waals surface area (Å²) in [5, 5.41) is 3.18. The van der Waals surface area contributed by atoms with Gasteiger partial charge in [-0.3, -0.25) is 4.90 Å². The fraction of sp³-hybridized carbons (Fsp3) is 0.400. The predicted octanol–water partition coefficient (Wildman–Crippen LogP) is 2.37. The first kappa shape index (κ1) is 18.4. The Bertz CT molecular complexity index is 684. The third-order valence-electron chi connectivity index (χ3n) is 4.40. The molecule has 1 fully saturated rings.